The van der Waals surface area contributed by atoms with Gasteiger partial charge in [0.2, 0.25) is 21.8 Å². The third kappa shape index (κ3) is 7.45. The summed E-state index contributed by atoms with van der Waals surface area (Å²) in [4.78, 5) is 28.5. The number of para-hydroxylation sites is 1. The zero-order valence-corrected chi connectivity index (χ0v) is 21.9. The first kappa shape index (κ1) is 27.0. The van der Waals surface area contributed by atoms with Crippen LogP contribution in [0.3, 0.4) is 0 Å². The smallest absolute Gasteiger partial charge is 0.244 e. The van der Waals surface area contributed by atoms with Gasteiger partial charge in [0.1, 0.15) is 12.6 Å². The van der Waals surface area contributed by atoms with Gasteiger partial charge in [-0.3, -0.25) is 13.9 Å². The first-order valence-electron chi connectivity index (χ1n) is 12.1. The predicted octanol–water partition coefficient (Wildman–Crippen LogP) is 4.36. The van der Waals surface area contributed by atoms with Gasteiger partial charge >= 0.3 is 0 Å². The van der Waals surface area contributed by atoms with E-state index in [1.807, 2.05) is 37.3 Å². The van der Waals surface area contributed by atoms with Gasteiger partial charge in [-0.1, -0.05) is 80.3 Å². The van der Waals surface area contributed by atoms with Crippen LogP contribution >= 0.6 is 11.6 Å². The van der Waals surface area contributed by atoms with Crippen molar-refractivity contribution >= 4 is 39.1 Å². The van der Waals surface area contributed by atoms with Crippen molar-refractivity contribution in [1.82, 2.24) is 10.2 Å². The molecule has 35 heavy (non-hydrogen) atoms. The van der Waals surface area contributed by atoms with Gasteiger partial charge in [-0.05, 0) is 37.0 Å². The van der Waals surface area contributed by atoms with Crippen molar-refractivity contribution in [2.75, 3.05) is 17.1 Å². The lowest BCUT2D eigenvalue weighted by Crippen LogP contribution is -2.54. The number of nitrogens with zero attached hydrogens (tertiary/aromatic N) is 2. The number of benzene rings is 2. The lowest BCUT2D eigenvalue weighted by atomic mass is 9.95. The van der Waals surface area contributed by atoms with Crippen LogP contribution in [0.1, 0.15) is 51.0 Å². The fourth-order valence-electron chi connectivity index (χ4n) is 4.49. The van der Waals surface area contributed by atoms with Gasteiger partial charge in [0.15, 0.2) is 0 Å². The van der Waals surface area contributed by atoms with E-state index in [2.05, 4.69) is 5.32 Å². The van der Waals surface area contributed by atoms with E-state index in [1.54, 1.807) is 24.3 Å². The summed E-state index contributed by atoms with van der Waals surface area (Å²) < 4.78 is 26.3. The molecule has 190 valence electrons. The number of nitrogens with one attached hydrogen (secondary N) is 1. The molecule has 1 saturated carbocycles. The molecule has 0 bridgehead atoms. The Hall–Kier alpha value is -2.58. The molecule has 0 unspecified atom stereocenters. The van der Waals surface area contributed by atoms with Gasteiger partial charge in [0.05, 0.1) is 17.0 Å². The quantitative estimate of drug-likeness (QED) is 0.505. The lowest BCUT2D eigenvalue weighted by Gasteiger charge is -2.34. The highest BCUT2D eigenvalue weighted by molar-refractivity contribution is 7.92. The maximum atomic E-state index is 13.7. The van der Waals surface area contributed by atoms with E-state index in [9.17, 15) is 18.0 Å². The average Bonchev–Trinajstić information content (AvgIpc) is 2.83. The molecule has 9 heteroatoms. The van der Waals surface area contributed by atoms with Crippen molar-refractivity contribution < 1.29 is 18.0 Å². The van der Waals surface area contributed by atoms with E-state index < -0.39 is 28.5 Å². The fourth-order valence-corrected chi connectivity index (χ4v) is 5.64. The van der Waals surface area contributed by atoms with Crippen LogP contribution in [-0.2, 0) is 26.2 Å². The largest absolute Gasteiger partial charge is 0.352 e. The van der Waals surface area contributed by atoms with Crippen LogP contribution in [0.2, 0.25) is 5.02 Å². The Morgan fingerprint density at radius 3 is 2.26 bits per heavy atom. The molecule has 7 nitrogen and oxygen atoms in total. The molecule has 1 fully saturated rings. The maximum absolute atomic E-state index is 13.7. The van der Waals surface area contributed by atoms with Crippen molar-refractivity contribution in [3.05, 3.63) is 65.2 Å². The van der Waals surface area contributed by atoms with Gasteiger partial charge in [0, 0.05) is 12.6 Å². The number of carbonyl (C=O) groups is 2. The van der Waals surface area contributed by atoms with E-state index in [0.29, 0.717) is 6.42 Å². The minimum Gasteiger partial charge on any atom is -0.352 e. The van der Waals surface area contributed by atoms with E-state index in [-0.39, 0.29) is 29.2 Å². The molecular formula is C26H34ClN3O4S. The zero-order valence-electron chi connectivity index (χ0n) is 20.3. The molecule has 1 atom stereocenters. The average molecular weight is 520 g/mol. The topological polar surface area (TPSA) is 86.8 Å². The molecule has 2 amide bonds. The Bertz CT molecular complexity index is 1100. The molecule has 0 radical (unpaired) electrons. The van der Waals surface area contributed by atoms with Gasteiger partial charge in [-0.2, -0.15) is 0 Å². The molecule has 2 aromatic carbocycles. The molecule has 0 spiro atoms. The molecule has 0 aromatic heterocycles. The van der Waals surface area contributed by atoms with Crippen molar-refractivity contribution in [3.8, 4) is 0 Å². The number of halogens is 1. The van der Waals surface area contributed by atoms with Crippen molar-refractivity contribution in [2.24, 2.45) is 0 Å². The van der Waals surface area contributed by atoms with E-state index in [4.69, 9.17) is 11.6 Å². The number of anilines is 1. The summed E-state index contributed by atoms with van der Waals surface area (Å²) >= 11 is 6.27. The van der Waals surface area contributed by atoms with Crippen molar-refractivity contribution in [1.29, 1.82) is 0 Å². The fraction of sp³-hybridized carbons (Fsp3) is 0.462. The highest BCUT2D eigenvalue weighted by atomic mass is 35.5. The Kier molecular flexibility index (Phi) is 9.57. The summed E-state index contributed by atoms with van der Waals surface area (Å²) in [5.41, 5.74) is 1.08. The third-order valence-electron chi connectivity index (χ3n) is 6.33. The predicted molar refractivity (Wildman–Crippen MR) is 140 cm³/mol. The maximum Gasteiger partial charge on any atom is 0.244 e. The van der Waals surface area contributed by atoms with Crippen molar-refractivity contribution in [2.45, 2.75) is 64.1 Å². The summed E-state index contributed by atoms with van der Waals surface area (Å²) in [6.45, 7) is 1.60. The van der Waals surface area contributed by atoms with E-state index in [0.717, 1.165) is 41.8 Å². The van der Waals surface area contributed by atoms with Gasteiger partial charge in [0.25, 0.3) is 0 Å². The molecule has 2 aromatic rings. The molecule has 1 aliphatic carbocycles. The van der Waals surface area contributed by atoms with Crippen LogP contribution in [0.25, 0.3) is 0 Å². The normalized spacial score (nSPS) is 15.3. The first-order chi connectivity index (χ1) is 16.7. The number of sulfonamides is 1. The first-order valence-corrected chi connectivity index (χ1v) is 14.3. The summed E-state index contributed by atoms with van der Waals surface area (Å²) in [6.07, 6.45) is 6.64. The van der Waals surface area contributed by atoms with Crippen LogP contribution in [0.4, 0.5) is 5.69 Å². The number of rotatable bonds is 10. The number of carbonyl (C=O) groups excluding carboxylic acids is 2. The van der Waals surface area contributed by atoms with Gasteiger partial charge in [-0.15, -0.1) is 0 Å². The van der Waals surface area contributed by atoms with Gasteiger partial charge < -0.3 is 10.2 Å². The Balaban J connectivity index is 1.90. The van der Waals surface area contributed by atoms with Gasteiger partial charge in [-0.25, -0.2) is 8.42 Å². The molecule has 0 aliphatic heterocycles. The molecule has 0 heterocycles. The number of amides is 2. The Morgan fingerprint density at radius 2 is 1.66 bits per heavy atom. The Labute approximate surface area is 213 Å². The summed E-state index contributed by atoms with van der Waals surface area (Å²) in [7, 11) is -3.82. The summed E-state index contributed by atoms with van der Waals surface area (Å²) in [5.74, 6) is -0.669. The second-order valence-electron chi connectivity index (χ2n) is 9.00. The second kappa shape index (κ2) is 12.4. The minimum absolute atomic E-state index is 0.106. The van der Waals surface area contributed by atoms with Crippen LogP contribution < -0.4 is 9.62 Å². The molecular weight excluding hydrogens is 486 g/mol. The highest BCUT2D eigenvalue weighted by Gasteiger charge is 2.33. The highest BCUT2D eigenvalue weighted by Crippen LogP contribution is 2.27. The zero-order chi connectivity index (χ0) is 25.4. The molecule has 1 aliphatic rings. The van der Waals surface area contributed by atoms with Crippen LogP contribution in [0.15, 0.2) is 54.6 Å². The molecule has 0 saturated heterocycles. The third-order valence-corrected chi connectivity index (χ3v) is 7.78. The van der Waals surface area contributed by atoms with E-state index in [1.165, 1.54) is 11.3 Å². The minimum atomic E-state index is -3.82. The van der Waals surface area contributed by atoms with E-state index >= 15 is 0 Å². The van der Waals surface area contributed by atoms with Crippen LogP contribution in [0.5, 0.6) is 0 Å². The molecule has 3 rings (SSSR count). The van der Waals surface area contributed by atoms with Crippen LogP contribution in [-0.4, -0.2) is 50.0 Å². The standard InChI is InChI=1S/C26H34ClN3O4S/c1-3-23(26(32)28-21-14-8-5-9-15-21)29(18-20-12-6-4-7-13-20)25(31)19-30(35(2,33)34)24-17-11-10-16-22(24)27/h4,6-7,10-13,16-17,21,23H,3,5,8-9,14-15,18-19H2,1-2H3,(H,28,32)/t23-/m0/s1. The summed E-state index contributed by atoms with van der Waals surface area (Å²) in [6, 6.07) is 15.3. The number of hydrogen-bond donors (Lipinski definition) is 1. The molecule has 1 N–H and O–H groups in total. The second-order valence-corrected chi connectivity index (χ2v) is 11.3. The Morgan fingerprint density at radius 1 is 1.03 bits per heavy atom. The van der Waals surface area contributed by atoms with Crippen LogP contribution in [0, 0.1) is 0 Å². The monoisotopic (exact) mass is 519 g/mol. The SMILES string of the molecule is CC[C@@H](C(=O)NC1CCCCC1)N(Cc1ccccc1)C(=O)CN(c1ccccc1Cl)S(C)(=O)=O. The lowest BCUT2D eigenvalue weighted by molar-refractivity contribution is -0.140. The van der Waals surface area contributed by atoms with Crippen molar-refractivity contribution in [3.63, 3.8) is 0 Å². The number of hydrogen-bond acceptors (Lipinski definition) is 4. The summed E-state index contributed by atoms with van der Waals surface area (Å²) in [5, 5.41) is 3.35.